The molecule has 3 aliphatic heterocycles. The van der Waals surface area contributed by atoms with Crippen LogP contribution in [0.25, 0.3) is 10.8 Å². The molecule has 0 aromatic heterocycles. The first kappa shape index (κ1) is 21.3. The van der Waals surface area contributed by atoms with E-state index in [2.05, 4.69) is 76.7 Å². The lowest BCUT2D eigenvalue weighted by Crippen LogP contribution is -2.62. The summed E-state index contributed by atoms with van der Waals surface area (Å²) in [6.45, 7) is 12.0. The van der Waals surface area contributed by atoms with E-state index in [1.54, 1.807) is 0 Å². The lowest BCUT2D eigenvalue weighted by molar-refractivity contribution is 0.0174. The number of hydrogen-bond donors (Lipinski definition) is 2. The SMILES string of the molecule is CCNC(=NCC1CN2CCN1CC2)NC(C)c1cccc2ccccc12.I. The second-order valence-corrected chi connectivity index (χ2v) is 7.64. The lowest BCUT2D eigenvalue weighted by Gasteiger charge is -2.47. The molecule has 152 valence electrons. The number of fused-ring (bicyclic) bond motifs is 4. The van der Waals surface area contributed by atoms with E-state index in [4.69, 9.17) is 4.99 Å². The van der Waals surface area contributed by atoms with Crippen LogP contribution < -0.4 is 10.6 Å². The predicted octanol–water partition coefficient (Wildman–Crippen LogP) is 3.07. The molecule has 2 N–H and O–H groups in total. The van der Waals surface area contributed by atoms with E-state index >= 15 is 0 Å². The van der Waals surface area contributed by atoms with Gasteiger partial charge in [0.05, 0.1) is 12.6 Å². The summed E-state index contributed by atoms with van der Waals surface area (Å²) in [5.74, 6) is 0.913. The Hall–Kier alpha value is -1.38. The van der Waals surface area contributed by atoms with Crippen LogP contribution in [-0.2, 0) is 0 Å². The van der Waals surface area contributed by atoms with Gasteiger partial charge in [-0.1, -0.05) is 42.5 Å². The molecule has 0 aliphatic carbocycles. The minimum atomic E-state index is 0. The van der Waals surface area contributed by atoms with Crippen molar-refractivity contribution < 1.29 is 0 Å². The second-order valence-electron chi connectivity index (χ2n) is 7.64. The number of nitrogens with zero attached hydrogens (tertiary/aromatic N) is 3. The summed E-state index contributed by atoms with van der Waals surface area (Å²) in [4.78, 5) is 10.1. The number of aliphatic imine (C=N–C) groups is 1. The zero-order chi connectivity index (χ0) is 18.6. The van der Waals surface area contributed by atoms with Crippen molar-refractivity contribution in [3.05, 3.63) is 48.0 Å². The van der Waals surface area contributed by atoms with Crippen molar-refractivity contribution in [1.82, 2.24) is 20.4 Å². The normalized spacial score (nSPS) is 25.2. The number of guanidine groups is 1. The fourth-order valence-corrected chi connectivity index (χ4v) is 4.33. The van der Waals surface area contributed by atoms with Crippen LogP contribution in [0, 0.1) is 0 Å². The number of benzene rings is 2. The molecule has 5 rings (SSSR count). The Labute approximate surface area is 185 Å². The van der Waals surface area contributed by atoms with E-state index in [-0.39, 0.29) is 30.0 Å². The summed E-state index contributed by atoms with van der Waals surface area (Å²) in [5.41, 5.74) is 1.31. The van der Waals surface area contributed by atoms with Gasteiger partial charge in [-0.3, -0.25) is 14.8 Å². The smallest absolute Gasteiger partial charge is 0.191 e. The number of piperazine rings is 3. The molecular formula is C22H32IN5. The highest BCUT2D eigenvalue weighted by atomic mass is 127. The lowest BCUT2D eigenvalue weighted by atomic mass is 10.00. The van der Waals surface area contributed by atoms with Crippen LogP contribution in [0.15, 0.2) is 47.5 Å². The minimum Gasteiger partial charge on any atom is -0.357 e. The van der Waals surface area contributed by atoms with Crippen molar-refractivity contribution in [2.75, 3.05) is 45.8 Å². The van der Waals surface area contributed by atoms with Crippen LogP contribution in [0.4, 0.5) is 0 Å². The molecule has 0 amide bonds. The summed E-state index contributed by atoms with van der Waals surface area (Å²) in [6.07, 6.45) is 0. The fraction of sp³-hybridized carbons (Fsp3) is 0.500. The summed E-state index contributed by atoms with van der Waals surface area (Å²) in [6, 6.07) is 15.9. The standard InChI is InChI=1S/C22H31N5.HI/c1-3-23-22(24-15-19-16-26-11-13-27(19)14-12-26)25-17(2)20-10-6-8-18-7-4-5-9-21(18)20;/h4-10,17,19H,3,11-16H2,1-2H3,(H2,23,24,25);1H. The van der Waals surface area contributed by atoms with Crippen LogP contribution >= 0.6 is 24.0 Å². The molecule has 5 nitrogen and oxygen atoms in total. The Morgan fingerprint density at radius 3 is 2.57 bits per heavy atom. The van der Waals surface area contributed by atoms with Crippen molar-refractivity contribution >= 4 is 40.7 Å². The average Bonchev–Trinajstić information content (AvgIpc) is 2.72. The van der Waals surface area contributed by atoms with Crippen LogP contribution in [-0.4, -0.2) is 67.6 Å². The van der Waals surface area contributed by atoms with Crippen LogP contribution in [0.1, 0.15) is 25.5 Å². The highest BCUT2D eigenvalue weighted by Crippen LogP contribution is 2.24. The fourth-order valence-electron chi connectivity index (χ4n) is 4.33. The van der Waals surface area contributed by atoms with E-state index in [9.17, 15) is 0 Å². The number of halogens is 1. The van der Waals surface area contributed by atoms with Gasteiger partial charge in [0.2, 0.25) is 0 Å². The highest BCUT2D eigenvalue weighted by molar-refractivity contribution is 14.0. The van der Waals surface area contributed by atoms with Crippen molar-refractivity contribution in [2.24, 2.45) is 4.99 Å². The Kier molecular flexibility index (Phi) is 7.54. The predicted molar refractivity (Wildman–Crippen MR) is 129 cm³/mol. The third kappa shape index (κ3) is 4.78. The quantitative estimate of drug-likeness (QED) is 0.382. The van der Waals surface area contributed by atoms with Crippen molar-refractivity contribution in [3.8, 4) is 0 Å². The van der Waals surface area contributed by atoms with Crippen LogP contribution in [0.5, 0.6) is 0 Å². The maximum absolute atomic E-state index is 4.93. The number of nitrogens with one attached hydrogen (secondary N) is 2. The second kappa shape index (κ2) is 9.89. The van der Waals surface area contributed by atoms with E-state index in [1.165, 1.54) is 42.5 Å². The summed E-state index contributed by atoms with van der Waals surface area (Å²) < 4.78 is 0. The molecule has 0 spiro atoms. The molecule has 3 fully saturated rings. The van der Waals surface area contributed by atoms with Gasteiger partial charge in [-0.15, -0.1) is 24.0 Å². The molecule has 28 heavy (non-hydrogen) atoms. The molecule has 2 aromatic carbocycles. The average molecular weight is 493 g/mol. The Balaban J connectivity index is 0.00000225. The zero-order valence-corrected chi connectivity index (χ0v) is 19.2. The molecule has 2 unspecified atom stereocenters. The molecule has 3 heterocycles. The third-order valence-corrected chi connectivity index (χ3v) is 5.84. The van der Waals surface area contributed by atoms with Crippen molar-refractivity contribution in [2.45, 2.75) is 25.9 Å². The van der Waals surface area contributed by atoms with E-state index in [1.807, 2.05) is 0 Å². The Morgan fingerprint density at radius 2 is 1.86 bits per heavy atom. The van der Waals surface area contributed by atoms with Gasteiger partial charge in [-0.25, -0.2) is 0 Å². The molecule has 2 bridgehead atoms. The van der Waals surface area contributed by atoms with Gasteiger partial charge in [0.15, 0.2) is 5.96 Å². The van der Waals surface area contributed by atoms with Gasteiger partial charge >= 0.3 is 0 Å². The molecule has 2 atom stereocenters. The first-order valence-corrected chi connectivity index (χ1v) is 10.2. The third-order valence-electron chi connectivity index (χ3n) is 5.84. The van der Waals surface area contributed by atoms with E-state index < -0.39 is 0 Å². The summed E-state index contributed by atoms with van der Waals surface area (Å²) in [7, 11) is 0. The number of hydrogen-bond acceptors (Lipinski definition) is 3. The minimum absolute atomic E-state index is 0. The van der Waals surface area contributed by atoms with E-state index in [0.29, 0.717) is 6.04 Å². The van der Waals surface area contributed by atoms with Gasteiger partial charge in [-0.2, -0.15) is 0 Å². The van der Waals surface area contributed by atoms with Gasteiger partial charge in [-0.05, 0) is 30.2 Å². The first-order valence-electron chi connectivity index (χ1n) is 10.2. The maximum Gasteiger partial charge on any atom is 0.191 e. The molecule has 6 heteroatoms. The molecule has 3 aliphatic rings. The Morgan fingerprint density at radius 1 is 1.11 bits per heavy atom. The van der Waals surface area contributed by atoms with Gasteiger partial charge in [0.1, 0.15) is 0 Å². The van der Waals surface area contributed by atoms with Crippen LogP contribution in [0.2, 0.25) is 0 Å². The largest absolute Gasteiger partial charge is 0.357 e. The zero-order valence-electron chi connectivity index (χ0n) is 16.9. The van der Waals surface area contributed by atoms with Gasteiger partial charge in [0.25, 0.3) is 0 Å². The monoisotopic (exact) mass is 493 g/mol. The maximum atomic E-state index is 4.93. The summed E-state index contributed by atoms with van der Waals surface area (Å²) >= 11 is 0. The number of rotatable bonds is 5. The van der Waals surface area contributed by atoms with Crippen LogP contribution in [0.3, 0.4) is 0 Å². The van der Waals surface area contributed by atoms with Crippen molar-refractivity contribution in [1.29, 1.82) is 0 Å². The molecule has 0 saturated carbocycles. The van der Waals surface area contributed by atoms with E-state index in [0.717, 1.165) is 25.6 Å². The topological polar surface area (TPSA) is 42.9 Å². The van der Waals surface area contributed by atoms with Gasteiger partial charge in [0, 0.05) is 45.3 Å². The highest BCUT2D eigenvalue weighted by Gasteiger charge is 2.31. The molecule has 3 saturated heterocycles. The molecular weight excluding hydrogens is 461 g/mol. The Bertz CT molecular complexity index is 795. The first-order chi connectivity index (χ1) is 13.2. The summed E-state index contributed by atoms with van der Waals surface area (Å²) in [5, 5.41) is 9.63. The molecule has 2 aromatic rings. The molecule has 0 radical (unpaired) electrons. The van der Waals surface area contributed by atoms with Crippen molar-refractivity contribution in [3.63, 3.8) is 0 Å². The van der Waals surface area contributed by atoms with Gasteiger partial charge < -0.3 is 10.6 Å².